The van der Waals surface area contributed by atoms with Gasteiger partial charge in [0.1, 0.15) is 11.2 Å². The van der Waals surface area contributed by atoms with Crippen LogP contribution in [0.25, 0.3) is 77.0 Å². The van der Waals surface area contributed by atoms with Gasteiger partial charge in [-0.2, -0.15) is 0 Å². The van der Waals surface area contributed by atoms with Crippen LogP contribution in [0.2, 0.25) is 0 Å². The smallest absolute Gasteiger partial charge is 0.146 e. The van der Waals surface area contributed by atoms with Crippen molar-refractivity contribution in [2.24, 2.45) is 0 Å². The number of hydrogen-bond donors (Lipinski definition) is 0. The Kier molecular flexibility index (Phi) is 3.92. The van der Waals surface area contributed by atoms with Gasteiger partial charge in [0.15, 0.2) is 0 Å². The fraction of sp³-hybridized carbons (Fsp3) is 0.0278. The topological polar surface area (TPSA) is 48.0 Å². The van der Waals surface area contributed by atoms with Crippen molar-refractivity contribution in [3.05, 3.63) is 127 Å². The maximum Gasteiger partial charge on any atom is 0.146 e. The molecular formula is C36H21N5. The minimum absolute atomic E-state index is 0.894. The van der Waals surface area contributed by atoms with Crippen LogP contribution in [-0.2, 0) is 6.42 Å². The number of imidazole rings is 1. The molecule has 0 N–H and O–H groups in total. The molecule has 10 rings (SSSR count). The minimum Gasteiger partial charge on any atom is -0.309 e. The number of hydrogen-bond acceptors (Lipinski definition) is 3. The first-order valence-electron chi connectivity index (χ1n) is 13.9. The van der Waals surface area contributed by atoms with Crippen molar-refractivity contribution >= 4 is 60.2 Å². The van der Waals surface area contributed by atoms with E-state index in [1.54, 1.807) is 0 Å². The van der Waals surface area contributed by atoms with E-state index in [-0.39, 0.29) is 0 Å². The molecule has 0 saturated carbocycles. The third kappa shape index (κ3) is 2.72. The van der Waals surface area contributed by atoms with Crippen LogP contribution >= 0.6 is 0 Å². The second-order valence-corrected chi connectivity index (χ2v) is 11.0. The normalized spacial score (nSPS) is 12.8. The number of rotatable bonds is 1. The largest absolute Gasteiger partial charge is 0.309 e. The molecule has 1 aliphatic rings. The van der Waals surface area contributed by atoms with E-state index in [1.165, 1.54) is 60.5 Å². The Bertz CT molecular complexity index is 2550. The lowest BCUT2D eigenvalue weighted by molar-refractivity contribution is 1.18. The molecule has 190 valence electrons. The number of nitrogens with zero attached hydrogens (tertiary/aromatic N) is 5. The van der Waals surface area contributed by atoms with Crippen LogP contribution in [0.5, 0.6) is 0 Å². The van der Waals surface area contributed by atoms with Gasteiger partial charge in [-0.05, 0) is 88.7 Å². The van der Waals surface area contributed by atoms with E-state index in [1.807, 2.05) is 30.9 Å². The van der Waals surface area contributed by atoms with Crippen LogP contribution in [-0.4, -0.2) is 23.9 Å². The van der Waals surface area contributed by atoms with Crippen LogP contribution in [0.3, 0.4) is 0 Å². The Morgan fingerprint density at radius 1 is 0.537 bits per heavy atom. The summed E-state index contributed by atoms with van der Waals surface area (Å²) in [6.45, 7) is 0. The second kappa shape index (κ2) is 7.55. The molecule has 0 aliphatic heterocycles. The number of pyridine rings is 3. The highest BCUT2D eigenvalue weighted by Crippen LogP contribution is 2.45. The molecule has 5 heterocycles. The summed E-state index contributed by atoms with van der Waals surface area (Å²) in [6.07, 6.45) is 8.42. The summed E-state index contributed by atoms with van der Waals surface area (Å²) < 4.78 is 4.64. The van der Waals surface area contributed by atoms with Crippen LogP contribution in [0.15, 0.2) is 116 Å². The van der Waals surface area contributed by atoms with Gasteiger partial charge in [-0.15, -0.1) is 0 Å². The Balaban J connectivity index is 1.31. The molecule has 0 radical (unpaired) electrons. The van der Waals surface area contributed by atoms with Crippen molar-refractivity contribution < 1.29 is 0 Å². The highest BCUT2D eigenvalue weighted by Gasteiger charge is 2.24. The van der Waals surface area contributed by atoms with Gasteiger partial charge in [0.05, 0.1) is 34.5 Å². The Hall–Kier alpha value is -5.55. The van der Waals surface area contributed by atoms with E-state index in [4.69, 9.17) is 4.98 Å². The van der Waals surface area contributed by atoms with Gasteiger partial charge < -0.3 is 4.57 Å². The molecule has 9 aromatic rings. The van der Waals surface area contributed by atoms with Crippen LogP contribution < -0.4 is 0 Å². The molecule has 41 heavy (non-hydrogen) atoms. The molecule has 0 fully saturated rings. The summed E-state index contributed by atoms with van der Waals surface area (Å²) in [5.74, 6) is 0. The van der Waals surface area contributed by atoms with Crippen molar-refractivity contribution in [3.8, 4) is 16.8 Å². The first-order valence-corrected chi connectivity index (χ1v) is 13.9. The fourth-order valence-electron chi connectivity index (χ4n) is 7.12. The molecule has 4 aromatic carbocycles. The van der Waals surface area contributed by atoms with Crippen molar-refractivity contribution in [1.82, 2.24) is 23.9 Å². The van der Waals surface area contributed by atoms with E-state index in [0.717, 1.165) is 34.0 Å². The van der Waals surface area contributed by atoms with Crippen molar-refractivity contribution in [2.75, 3.05) is 0 Å². The maximum absolute atomic E-state index is 5.05. The molecule has 0 atom stereocenters. The zero-order chi connectivity index (χ0) is 26.7. The van der Waals surface area contributed by atoms with Gasteiger partial charge in [0.25, 0.3) is 0 Å². The Labute approximate surface area is 234 Å². The van der Waals surface area contributed by atoms with Crippen molar-refractivity contribution in [3.63, 3.8) is 0 Å². The minimum atomic E-state index is 0.894. The van der Waals surface area contributed by atoms with E-state index >= 15 is 0 Å². The van der Waals surface area contributed by atoms with Crippen LogP contribution in [0.4, 0.5) is 0 Å². The van der Waals surface area contributed by atoms with Crippen molar-refractivity contribution in [1.29, 1.82) is 0 Å². The quantitative estimate of drug-likeness (QED) is 0.204. The van der Waals surface area contributed by atoms with E-state index in [2.05, 4.69) is 104 Å². The molecule has 5 heteroatoms. The van der Waals surface area contributed by atoms with E-state index in [9.17, 15) is 0 Å². The highest BCUT2D eigenvalue weighted by molar-refractivity contribution is 6.16. The lowest BCUT2D eigenvalue weighted by Crippen LogP contribution is -1.94. The standard InChI is InChI=1S/C36H21N5/c1-2-6-23(7-3-1)40-32-9-5-4-8-24(32)29-15-21-14-22-16-30-28(17-26(22)27(21)18-34(29)40)25-10-12-38-20-35(25)41-33-11-13-37-19-31(33)39-36(30)41/h1-13,15-20H,14H2. The average Bonchev–Trinajstić information content (AvgIpc) is 3.69. The number of fused-ring (bicyclic) bond motifs is 14. The number of aromatic nitrogens is 5. The summed E-state index contributed by atoms with van der Waals surface area (Å²) in [6, 6.07) is 33.2. The van der Waals surface area contributed by atoms with Crippen LogP contribution in [0.1, 0.15) is 11.1 Å². The molecule has 5 aromatic heterocycles. The molecular weight excluding hydrogens is 502 g/mol. The monoisotopic (exact) mass is 523 g/mol. The lowest BCUT2D eigenvalue weighted by Gasteiger charge is -2.11. The maximum atomic E-state index is 5.05. The predicted molar refractivity (Wildman–Crippen MR) is 166 cm³/mol. The summed E-state index contributed by atoms with van der Waals surface area (Å²) in [5, 5.41) is 6.12. The summed E-state index contributed by atoms with van der Waals surface area (Å²) in [4.78, 5) is 13.9. The molecule has 0 unspecified atom stereocenters. The first kappa shape index (κ1) is 21.3. The first-order chi connectivity index (χ1) is 20.3. The third-order valence-corrected chi connectivity index (χ3v) is 8.86. The Morgan fingerprint density at radius 3 is 2.22 bits per heavy atom. The molecule has 1 aliphatic carbocycles. The molecule has 0 amide bonds. The van der Waals surface area contributed by atoms with Gasteiger partial charge in [-0.1, -0.05) is 36.4 Å². The third-order valence-electron chi connectivity index (χ3n) is 8.86. The van der Waals surface area contributed by atoms with Gasteiger partial charge in [-0.25, -0.2) is 4.98 Å². The van der Waals surface area contributed by atoms with Crippen LogP contribution in [0, 0.1) is 0 Å². The lowest BCUT2D eigenvalue weighted by atomic mass is 9.98. The highest BCUT2D eigenvalue weighted by atomic mass is 15.0. The molecule has 0 spiro atoms. The fourth-order valence-corrected chi connectivity index (χ4v) is 7.12. The zero-order valence-corrected chi connectivity index (χ0v) is 21.9. The summed E-state index contributed by atoms with van der Waals surface area (Å²) >= 11 is 0. The van der Waals surface area contributed by atoms with Gasteiger partial charge >= 0.3 is 0 Å². The van der Waals surface area contributed by atoms with E-state index < -0.39 is 0 Å². The zero-order valence-electron chi connectivity index (χ0n) is 21.9. The predicted octanol–water partition coefficient (Wildman–Crippen LogP) is 8.25. The molecule has 0 saturated heterocycles. The Morgan fingerprint density at radius 2 is 1.29 bits per heavy atom. The van der Waals surface area contributed by atoms with Crippen molar-refractivity contribution in [2.45, 2.75) is 6.42 Å². The van der Waals surface area contributed by atoms with Gasteiger partial charge in [-0.3, -0.25) is 14.4 Å². The van der Waals surface area contributed by atoms with Gasteiger partial charge in [0, 0.05) is 39.6 Å². The molecule has 0 bridgehead atoms. The second-order valence-electron chi connectivity index (χ2n) is 11.0. The number of para-hydroxylation sites is 2. The average molecular weight is 524 g/mol. The van der Waals surface area contributed by atoms with E-state index in [0.29, 0.717) is 0 Å². The summed E-state index contributed by atoms with van der Waals surface area (Å²) in [5.41, 5.74) is 12.9. The summed E-state index contributed by atoms with van der Waals surface area (Å²) in [7, 11) is 0. The number of benzene rings is 4. The van der Waals surface area contributed by atoms with Gasteiger partial charge in [0.2, 0.25) is 0 Å². The SMILES string of the molecule is c1ccc(-n2c3ccccc3c3cc4c(cc32)-c2cc3c5ccncc5n5c6ccncc6nc5c3cc2C4)cc1. The molecule has 5 nitrogen and oxygen atoms in total.